The molecule has 2 rings (SSSR count). The number of nitrogens with zero attached hydrogens (tertiary/aromatic N) is 1. The average Bonchev–Trinajstić information content (AvgIpc) is 2.97. The van der Waals surface area contributed by atoms with E-state index in [4.69, 9.17) is 0 Å². The summed E-state index contributed by atoms with van der Waals surface area (Å²) < 4.78 is 38.8. The number of piperazine rings is 1. The lowest BCUT2D eigenvalue weighted by Crippen LogP contribution is -2.60. The molecule has 2 aliphatic rings. The fourth-order valence-electron chi connectivity index (χ4n) is 2.54. The highest BCUT2D eigenvalue weighted by atomic mass is 19.4. The second-order valence-corrected chi connectivity index (χ2v) is 4.49. The molecule has 0 aromatic rings. The van der Waals surface area contributed by atoms with Crippen molar-refractivity contribution in [3.05, 3.63) is 0 Å². The predicted molar refractivity (Wildman–Crippen MR) is 51.7 cm³/mol. The van der Waals surface area contributed by atoms with E-state index in [-0.39, 0.29) is 18.9 Å². The number of hydrogen-bond acceptors (Lipinski definition) is 2. The molecule has 0 bridgehead atoms. The predicted octanol–water partition coefficient (Wildman–Crippen LogP) is 1.77. The molecule has 1 heterocycles. The summed E-state index contributed by atoms with van der Waals surface area (Å²) in [4.78, 5) is 1.68. The van der Waals surface area contributed by atoms with E-state index in [2.05, 4.69) is 5.32 Å². The Balaban J connectivity index is 2.14. The molecule has 1 atom stereocenters. The Hall–Kier alpha value is -0.290. The lowest BCUT2D eigenvalue weighted by atomic mass is 10.1. The van der Waals surface area contributed by atoms with Crippen LogP contribution < -0.4 is 5.32 Å². The molecule has 2 nitrogen and oxygen atoms in total. The maximum Gasteiger partial charge on any atom is 0.406 e. The molecule has 88 valence electrons. The summed E-state index contributed by atoms with van der Waals surface area (Å²) >= 11 is 0. The first-order chi connectivity index (χ1) is 7.01. The monoisotopic (exact) mass is 222 g/mol. The van der Waals surface area contributed by atoms with Gasteiger partial charge in [-0.05, 0) is 19.3 Å². The van der Waals surface area contributed by atoms with Gasteiger partial charge in [-0.15, -0.1) is 0 Å². The van der Waals surface area contributed by atoms with Crippen molar-refractivity contribution >= 4 is 0 Å². The number of nitrogens with one attached hydrogen (secondary N) is 1. The summed E-state index contributed by atoms with van der Waals surface area (Å²) in [5.74, 6) is 0. The number of halogens is 3. The molecule has 5 heteroatoms. The molecule has 1 aliphatic heterocycles. The zero-order valence-electron chi connectivity index (χ0n) is 8.90. The van der Waals surface area contributed by atoms with Crippen LogP contribution in [0.15, 0.2) is 0 Å². The normalized spacial score (nSPS) is 31.6. The molecule has 1 saturated carbocycles. The van der Waals surface area contributed by atoms with E-state index in [1.165, 1.54) is 0 Å². The summed E-state index contributed by atoms with van der Waals surface area (Å²) in [6, 6.07) is 0.0443. The molecular weight excluding hydrogens is 205 g/mol. The minimum Gasteiger partial charge on any atom is -0.314 e. The van der Waals surface area contributed by atoms with Gasteiger partial charge < -0.3 is 5.32 Å². The van der Waals surface area contributed by atoms with Crippen molar-refractivity contribution in [1.29, 1.82) is 0 Å². The van der Waals surface area contributed by atoms with Gasteiger partial charge in [-0.3, -0.25) is 4.90 Å². The summed E-state index contributed by atoms with van der Waals surface area (Å²) in [5, 5.41) is 3.16. The molecule has 1 saturated heterocycles. The summed E-state index contributed by atoms with van der Waals surface area (Å²) in [6.45, 7) is 3.85. The Morgan fingerprint density at radius 1 is 1.40 bits per heavy atom. The Bertz CT molecular complexity index is 235. The van der Waals surface area contributed by atoms with Gasteiger partial charge in [-0.25, -0.2) is 0 Å². The van der Waals surface area contributed by atoms with Crippen LogP contribution in [0.25, 0.3) is 0 Å². The largest absolute Gasteiger partial charge is 0.406 e. The highest BCUT2D eigenvalue weighted by molar-refractivity contribution is 5.11. The molecule has 0 aromatic carbocycles. The zero-order valence-corrected chi connectivity index (χ0v) is 8.90. The van der Waals surface area contributed by atoms with Gasteiger partial charge in [0.05, 0.1) is 0 Å². The van der Waals surface area contributed by atoms with E-state index in [1.54, 1.807) is 4.90 Å². The lowest BCUT2D eigenvalue weighted by molar-refractivity contribution is -0.204. The Morgan fingerprint density at radius 3 is 2.53 bits per heavy atom. The highest BCUT2D eigenvalue weighted by Gasteiger charge is 2.67. The Labute approximate surface area is 87.8 Å². The van der Waals surface area contributed by atoms with Gasteiger partial charge in [-0.1, -0.05) is 6.92 Å². The molecule has 0 aromatic heterocycles. The number of alkyl halides is 3. The van der Waals surface area contributed by atoms with E-state index in [9.17, 15) is 13.2 Å². The highest BCUT2D eigenvalue weighted by Crippen LogP contribution is 2.54. The van der Waals surface area contributed by atoms with Crippen molar-refractivity contribution in [3.8, 4) is 0 Å². The van der Waals surface area contributed by atoms with Crippen LogP contribution in [0, 0.1) is 0 Å². The minimum atomic E-state index is -4.06. The number of hydrogen-bond donors (Lipinski definition) is 1. The molecule has 0 spiro atoms. The molecule has 1 N–H and O–H groups in total. The molecule has 2 fully saturated rings. The maximum atomic E-state index is 12.9. The molecular formula is C10H17F3N2. The summed E-state index contributed by atoms with van der Waals surface area (Å²) in [7, 11) is 0. The Kier molecular flexibility index (Phi) is 2.71. The molecule has 1 unspecified atom stereocenters. The first-order valence-corrected chi connectivity index (χ1v) is 5.55. The molecule has 1 aliphatic carbocycles. The zero-order chi connectivity index (χ0) is 11.1. The van der Waals surface area contributed by atoms with Crippen molar-refractivity contribution in [3.63, 3.8) is 0 Å². The van der Waals surface area contributed by atoms with Crippen LogP contribution in [0.3, 0.4) is 0 Å². The van der Waals surface area contributed by atoms with Crippen LogP contribution in [0.4, 0.5) is 13.2 Å². The molecule has 15 heavy (non-hydrogen) atoms. The van der Waals surface area contributed by atoms with Gasteiger partial charge in [0.2, 0.25) is 0 Å². The third-order valence-corrected chi connectivity index (χ3v) is 3.62. The fraction of sp³-hybridized carbons (Fsp3) is 1.00. The van der Waals surface area contributed by atoms with E-state index in [0.29, 0.717) is 19.6 Å². The lowest BCUT2D eigenvalue weighted by Gasteiger charge is -2.42. The smallest absolute Gasteiger partial charge is 0.314 e. The number of rotatable bonds is 2. The van der Waals surface area contributed by atoms with Gasteiger partial charge in [0, 0.05) is 25.7 Å². The van der Waals surface area contributed by atoms with Gasteiger partial charge in [0.25, 0.3) is 0 Å². The third-order valence-electron chi connectivity index (χ3n) is 3.62. The second kappa shape index (κ2) is 3.63. The van der Waals surface area contributed by atoms with Crippen LogP contribution >= 0.6 is 0 Å². The Morgan fingerprint density at radius 2 is 2.07 bits per heavy atom. The van der Waals surface area contributed by atoms with Gasteiger partial charge in [0.1, 0.15) is 5.54 Å². The molecule has 0 amide bonds. The van der Waals surface area contributed by atoms with Crippen LogP contribution in [0.2, 0.25) is 0 Å². The second-order valence-electron chi connectivity index (χ2n) is 4.49. The van der Waals surface area contributed by atoms with Crippen molar-refractivity contribution in [2.24, 2.45) is 0 Å². The minimum absolute atomic E-state index is 0.0443. The molecule has 0 radical (unpaired) electrons. The summed E-state index contributed by atoms with van der Waals surface area (Å²) in [6.07, 6.45) is -2.71. The van der Waals surface area contributed by atoms with Crippen molar-refractivity contribution in [2.45, 2.75) is 43.9 Å². The topological polar surface area (TPSA) is 15.3 Å². The first kappa shape index (κ1) is 11.2. The van der Waals surface area contributed by atoms with Gasteiger partial charge in [-0.2, -0.15) is 13.2 Å². The van der Waals surface area contributed by atoms with Crippen molar-refractivity contribution in [1.82, 2.24) is 10.2 Å². The SMILES string of the molecule is CCC1CNCCN1C1(C(F)(F)F)CC1. The summed E-state index contributed by atoms with van der Waals surface area (Å²) in [5.41, 5.74) is -1.48. The van der Waals surface area contributed by atoms with E-state index < -0.39 is 11.7 Å². The van der Waals surface area contributed by atoms with E-state index in [0.717, 1.165) is 6.42 Å². The standard InChI is InChI=1S/C10H17F3N2/c1-2-8-7-14-5-6-15(8)9(3-4-9)10(11,12)13/h8,14H,2-7H2,1H3. The van der Waals surface area contributed by atoms with Crippen molar-refractivity contribution < 1.29 is 13.2 Å². The van der Waals surface area contributed by atoms with Crippen LogP contribution in [-0.2, 0) is 0 Å². The average molecular weight is 222 g/mol. The van der Waals surface area contributed by atoms with Crippen LogP contribution in [0.1, 0.15) is 26.2 Å². The maximum absolute atomic E-state index is 12.9. The van der Waals surface area contributed by atoms with Gasteiger partial charge in [0.15, 0.2) is 0 Å². The van der Waals surface area contributed by atoms with Crippen molar-refractivity contribution in [2.75, 3.05) is 19.6 Å². The van der Waals surface area contributed by atoms with Gasteiger partial charge >= 0.3 is 6.18 Å². The quantitative estimate of drug-likeness (QED) is 0.766. The fourth-order valence-corrected chi connectivity index (χ4v) is 2.54. The first-order valence-electron chi connectivity index (χ1n) is 5.55. The third kappa shape index (κ3) is 1.76. The van der Waals surface area contributed by atoms with E-state index in [1.807, 2.05) is 6.92 Å². The van der Waals surface area contributed by atoms with E-state index >= 15 is 0 Å². The van der Waals surface area contributed by atoms with Crippen LogP contribution in [0.5, 0.6) is 0 Å². The van der Waals surface area contributed by atoms with Crippen LogP contribution in [-0.4, -0.2) is 42.3 Å².